The summed E-state index contributed by atoms with van der Waals surface area (Å²) in [5.74, 6) is 0.485. The summed E-state index contributed by atoms with van der Waals surface area (Å²) in [5, 5.41) is 0. The molecule has 0 saturated heterocycles. The van der Waals surface area contributed by atoms with Gasteiger partial charge < -0.3 is 0 Å². The fourth-order valence-electron chi connectivity index (χ4n) is 1.33. The van der Waals surface area contributed by atoms with Crippen LogP contribution in [0, 0.1) is 0 Å². The monoisotopic (exact) mass is 216 g/mol. The standard InChI is InChI=1S/C13H16.C3H8/c1-4-8-11(2)12(3)13-9-6-5-7-10-13;1-3-2/h4-10,12H,1H2,2-3H3;3H2,1-2H3/b11-8+;. The first-order valence-corrected chi connectivity index (χ1v) is 6.01. The van der Waals surface area contributed by atoms with Crippen LogP contribution in [-0.4, -0.2) is 0 Å². The average molecular weight is 216 g/mol. The highest BCUT2D eigenvalue weighted by Crippen LogP contribution is 2.22. The highest BCUT2D eigenvalue weighted by atomic mass is 14.1. The Hall–Kier alpha value is -1.30. The third-order valence-corrected chi connectivity index (χ3v) is 2.36. The van der Waals surface area contributed by atoms with E-state index in [2.05, 4.69) is 64.6 Å². The van der Waals surface area contributed by atoms with Crippen molar-refractivity contribution in [2.45, 2.75) is 40.0 Å². The maximum Gasteiger partial charge on any atom is 0.00201 e. The van der Waals surface area contributed by atoms with Gasteiger partial charge in [-0.2, -0.15) is 0 Å². The first-order valence-electron chi connectivity index (χ1n) is 6.01. The number of benzene rings is 1. The van der Waals surface area contributed by atoms with E-state index in [-0.39, 0.29) is 0 Å². The van der Waals surface area contributed by atoms with E-state index in [0.29, 0.717) is 5.92 Å². The predicted molar refractivity (Wildman–Crippen MR) is 74.8 cm³/mol. The summed E-state index contributed by atoms with van der Waals surface area (Å²) in [6.07, 6.45) is 5.16. The van der Waals surface area contributed by atoms with Gasteiger partial charge in [0.1, 0.15) is 0 Å². The Labute approximate surface area is 101 Å². The van der Waals surface area contributed by atoms with Crippen LogP contribution in [0.5, 0.6) is 0 Å². The molecular formula is C16H24. The SMILES string of the molecule is C=C/C=C(\C)C(C)c1ccccc1.CCC. The predicted octanol–water partition coefficient (Wildman–Crippen LogP) is 5.34. The van der Waals surface area contributed by atoms with Crippen LogP contribution in [-0.2, 0) is 0 Å². The molecule has 1 aromatic rings. The number of rotatable bonds is 3. The van der Waals surface area contributed by atoms with E-state index in [4.69, 9.17) is 0 Å². The second-order valence-electron chi connectivity index (χ2n) is 3.99. The Morgan fingerprint density at radius 1 is 1.25 bits per heavy atom. The minimum Gasteiger partial charge on any atom is -0.0991 e. The first kappa shape index (κ1) is 14.7. The van der Waals surface area contributed by atoms with Crippen LogP contribution < -0.4 is 0 Å². The van der Waals surface area contributed by atoms with Crippen LogP contribution in [0.4, 0.5) is 0 Å². The minimum absolute atomic E-state index is 0.485. The number of hydrogen-bond donors (Lipinski definition) is 0. The van der Waals surface area contributed by atoms with Gasteiger partial charge in [0.05, 0.1) is 0 Å². The van der Waals surface area contributed by atoms with E-state index in [9.17, 15) is 0 Å². The summed E-state index contributed by atoms with van der Waals surface area (Å²) in [7, 11) is 0. The van der Waals surface area contributed by atoms with Gasteiger partial charge in [0.25, 0.3) is 0 Å². The van der Waals surface area contributed by atoms with Crippen molar-refractivity contribution in [1.82, 2.24) is 0 Å². The smallest absolute Gasteiger partial charge is 0.00201 e. The second kappa shape index (κ2) is 8.96. The maximum absolute atomic E-state index is 3.70. The molecule has 1 atom stereocenters. The molecule has 0 aliphatic rings. The molecule has 0 spiro atoms. The third-order valence-electron chi connectivity index (χ3n) is 2.36. The molecular weight excluding hydrogens is 192 g/mol. The van der Waals surface area contributed by atoms with E-state index in [1.807, 2.05) is 12.1 Å². The fraction of sp³-hybridized carbons (Fsp3) is 0.375. The molecule has 0 aliphatic carbocycles. The van der Waals surface area contributed by atoms with Crippen molar-refractivity contribution in [2.24, 2.45) is 0 Å². The molecule has 0 fully saturated rings. The van der Waals surface area contributed by atoms with Gasteiger partial charge in [-0.15, -0.1) is 0 Å². The van der Waals surface area contributed by atoms with Crippen LogP contribution in [0.3, 0.4) is 0 Å². The van der Waals surface area contributed by atoms with Crippen molar-refractivity contribution in [2.75, 3.05) is 0 Å². The van der Waals surface area contributed by atoms with Gasteiger partial charge in [0, 0.05) is 5.92 Å². The minimum atomic E-state index is 0.485. The van der Waals surface area contributed by atoms with Gasteiger partial charge in [-0.1, -0.05) is 81.8 Å². The summed E-state index contributed by atoms with van der Waals surface area (Å²) in [5.41, 5.74) is 2.71. The lowest BCUT2D eigenvalue weighted by atomic mass is 9.94. The molecule has 88 valence electrons. The zero-order valence-electron chi connectivity index (χ0n) is 11.0. The lowest BCUT2D eigenvalue weighted by molar-refractivity contribution is 0.894. The molecule has 0 nitrogen and oxygen atoms in total. The Kier molecular flexibility index (Phi) is 8.24. The Morgan fingerprint density at radius 3 is 2.19 bits per heavy atom. The largest absolute Gasteiger partial charge is 0.0991 e. The number of hydrogen-bond acceptors (Lipinski definition) is 0. The lowest BCUT2D eigenvalue weighted by Crippen LogP contribution is -1.93. The van der Waals surface area contributed by atoms with Crippen LogP contribution in [0.15, 0.2) is 54.6 Å². The van der Waals surface area contributed by atoms with Crippen LogP contribution in [0.1, 0.15) is 45.6 Å². The summed E-state index contributed by atoms with van der Waals surface area (Å²) in [6.45, 7) is 12.3. The highest BCUT2D eigenvalue weighted by Gasteiger charge is 2.04. The first-order chi connectivity index (χ1) is 7.67. The van der Waals surface area contributed by atoms with E-state index < -0.39 is 0 Å². The Balaban J connectivity index is 0.000000673. The van der Waals surface area contributed by atoms with Crippen molar-refractivity contribution in [3.63, 3.8) is 0 Å². The molecule has 1 rings (SSSR count). The van der Waals surface area contributed by atoms with Crippen molar-refractivity contribution >= 4 is 0 Å². The zero-order valence-corrected chi connectivity index (χ0v) is 11.0. The van der Waals surface area contributed by atoms with Gasteiger partial charge >= 0.3 is 0 Å². The molecule has 0 amide bonds. The van der Waals surface area contributed by atoms with Gasteiger partial charge in [-0.3, -0.25) is 0 Å². The molecule has 0 aliphatic heterocycles. The Morgan fingerprint density at radius 2 is 1.75 bits per heavy atom. The van der Waals surface area contributed by atoms with Crippen molar-refractivity contribution in [3.05, 3.63) is 60.2 Å². The summed E-state index contributed by atoms with van der Waals surface area (Å²) >= 11 is 0. The van der Waals surface area contributed by atoms with Crippen LogP contribution in [0.25, 0.3) is 0 Å². The molecule has 0 N–H and O–H groups in total. The van der Waals surface area contributed by atoms with Crippen molar-refractivity contribution in [3.8, 4) is 0 Å². The van der Waals surface area contributed by atoms with Crippen LogP contribution in [0.2, 0.25) is 0 Å². The lowest BCUT2D eigenvalue weighted by Gasteiger charge is -2.11. The molecule has 0 bridgehead atoms. The number of allylic oxidation sites excluding steroid dienone is 3. The summed E-state index contributed by atoms with van der Waals surface area (Å²) in [6, 6.07) is 10.5. The van der Waals surface area contributed by atoms with Gasteiger partial charge in [0.15, 0.2) is 0 Å². The van der Waals surface area contributed by atoms with Gasteiger partial charge in [0.2, 0.25) is 0 Å². The molecule has 0 radical (unpaired) electrons. The van der Waals surface area contributed by atoms with Crippen molar-refractivity contribution < 1.29 is 0 Å². The topological polar surface area (TPSA) is 0 Å². The summed E-state index contributed by atoms with van der Waals surface area (Å²) < 4.78 is 0. The summed E-state index contributed by atoms with van der Waals surface area (Å²) in [4.78, 5) is 0. The molecule has 1 aromatic carbocycles. The zero-order chi connectivity index (χ0) is 12.4. The van der Waals surface area contributed by atoms with Gasteiger partial charge in [-0.25, -0.2) is 0 Å². The van der Waals surface area contributed by atoms with E-state index in [1.165, 1.54) is 17.6 Å². The van der Waals surface area contributed by atoms with Crippen molar-refractivity contribution in [1.29, 1.82) is 0 Å². The molecule has 1 unspecified atom stereocenters. The molecule has 0 saturated carbocycles. The van der Waals surface area contributed by atoms with Crippen LogP contribution >= 0.6 is 0 Å². The molecule has 0 heterocycles. The normalized spacial score (nSPS) is 12.4. The third kappa shape index (κ3) is 5.55. The highest BCUT2D eigenvalue weighted by molar-refractivity contribution is 5.28. The van der Waals surface area contributed by atoms with E-state index in [0.717, 1.165) is 0 Å². The second-order valence-corrected chi connectivity index (χ2v) is 3.99. The molecule has 0 heteroatoms. The fourth-order valence-corrected chi connectivity index (χ4v) is 1.33. The molecule has 0 aromatic heterocycles. The maximum atomic E-state index is 3.70. The Bertz CT molecular complexity index is 306. The molecule has 16 heavy (non-hydrogen) atoms. The van der Waals surface area contributed by atoms with Gasteiger partial charge in [-0.05, 0) is 12.5 Å². The van der Waals surface area contributed by atoms with E-state index in [1.54, 1.807) is 0 Å². The quantitative estimate of drug-likeness (QED) is 0.598. The van der Waals surface area contributed by atoms with E-state index >= 15 is 0 Å². The average Bonchev–Trinajstić information content (AvgIpc) is 2.30.